The highest BCUT2D eigenvalue weighted by molar-refractivity contribution is 14.0. The van der Waals surface area contributed by atoms with E-state index in [1.807, 2.05) is 6.92 Å². The van der Waals surface area contributed by atoms with Crippen LogP contribution in [-0.4, -0.2) is 69.7 Å². The zero-order valence-electron chi connectivity index (χ0n) is 17.0. The molecule has 158 valence electrons. The molecule has 0 unspecified atom stereocenters. The number of methoxy groups -OCH3 is 1. The highest BCUT2D eigenvalue weighted by Crippen LogP contribution is 2.11. The van der Waals surface area contributed by atoms with Crippen LogP contribution in [0.3, 0.4) is 0 Å². The first kappa shape index (κ1) is 24.5. The minimum Gasteiger partial charge on any atom is -0.497 e. The molecule has 1 saturated heterocycles. The number of guanidine groups is 1. The van der Waals surface area contributed by atoms with Crippen LogP contribution in [0.5, 0.6) is 5.75 Å². The van der Waals surface area contributed by atoms with E-state index in [0.717, 1.165) is 31.3 Å². The molecule has 0 radical (unpaired) electrons. The average Bonchev–Trinajstić information content (AvgIpc) is 2.71. The Balaban J connectivity index is 0.00000392. The number of carbonyl (C=O) groups excluding carboxylic acids is 1. The normalized spacial score (nSPS) is 14.7. The van der Waals surface area contributed by atoms with Crippen molar-refractivity contribution in [3.05, 3.63) is 29.8 Å². The van der Waals surface area contributed by atoms with Crippen molar-refractivity contribution in [1.82, 2.24) is 20.9 Å². The van der Waals surface area contributed by atoms with Gasteiger partial charge in [-0.1, -0.05) is 6.42 Å². The van der Waals surface area contributed by atoms with Crippen LogP contribution in [0.1, 0.15) is 36.5 Å². The number of halogens is 1. The van der Waals surface area contributed by atoms with Crippen LogP contribution in [0.25, 0.3) is 0 Å². The second-order valence-electron chi connectivity index (χ2n) is 6.57. The predicted molar refractivity (Wildman–Crippen MR) is 125 cm³/mol. The Labute approximate surface area is 185 Å². The molecule has 8 heteroatoms. The first-order valence-corrected chi connectivity index (χ1v) is 9.89. The second-order valence-corrected chi connectivity index (χ2v) is 6.57. The minimum atomic E-state index is -0.0912. The molecule has 1 heterocycles. The van der Waals surface area contributed by atoms with Crippen molar-refractivity contribution in [1.29, 1.82) is 0 Å². The molecule has 28 heavy (non-hydrogen) atoms. The molecule has 0 saturated carbocycles. The minimum absolute atomic E-state index is 0. The van der Waals surface area contributed by atoms with Gasteiger partial charge in [-0.25, -0.2) is 0 Å². The van der Waals surface area contributed by atoms with E-state index in [1.54, 1.807) is 31.4 Å². The molecule has 7 nitrogen and oxygen atoms in total. The second kappa shape index (κ2) is 14.4. The monoisotopic (exact) mass is 503 g/mol. The third-order valence-corrected chi connectivity index (χ3v) is 4.53. The Morgan fingerprint density at radius 3 is 2.39 bits per heavy atom. The average molecular weight is 503 g/mol. The molecule has 3 N–H and O–H groups in total. The number of carbonyl (C=O) groups is 1. The van der Waals surface area contributed by atoms with Gasteiger partial charge in [0.1, 0.15) is 5.75 Å². The van der Waals surface area contributed by atoms with Gasteiger partial charge in [0, 0.05) is 31.7 Å². The van der Waals surface area contributed by atoms with Crippen molar-refractivity contribution in [2.24, 2.45) is 4.99 Å². The van der Waals surface area contributed by atoms with Gasteiger partial charge in [-0.15, -0.1) is 24.0 Å². The van der Waals surface area contributed by atoms with Gasteiger partial charge in [-0.05, 0) is 57.1 Å². The topological polar surface area (TPSA) is 78.0 Å². The summed E-state index contributed by atoms with van der Waals surface area (Å²) in [5.74, 6) is 1.45. The molecular weight excluding hydrogens is 469 g/mol. The number of nitrogens with zero attached hydrogens (tertiary/aromatic N) is 2. The van der Waals surface area contributed by atoms with Crippen molar-refractivity contribution in [3.63, 3.8) is 0 Å². The first-order valence-electron chi connectivity index (χ1n) is 9.89. The van der Waals surface area contributed by atoms with Gasteiger partial charge in [0.15, 0.2) is 5.96 Å². The van der Waals surface area contributed by atoms with Crippen LogP contribution in [0.2, 0.25) is 0 Å². The Morgan fingerprint density at radius 1 is 1.07 bits per heavy atom. The third kappa shape index (κ3) is 9.09. The van der Waals surface area contributed by atoms with Gasteiger partial charge in [0.25, 0.3) is 5.91 Å². The number of piperidine rings is 1. The fourth-order valence-corrected chi connectivity index (χ4v) is 3.03. The summed E-state index contributed by atoms with van der Waals surface area (Å²) < 4.78 is 5.10. The van der Waals surface area contributed by atoms with Crippen molar-refractivity contribution in [2.45, 2.75) is 26.2 Å². The third-order valence-electron chi connectivity index (χ3n) is 4.53. The summed E-state index contributed by atoms with van der Waals surface area (Å²) in [7, 11) is 1.61. The van der Waals surface area contributed by atoms with Crippen LogP contribution in [0.15, 0.2) is 29.3 Å². The lowest BCUT2D eigenvalue weighted by Gasteiger charge is -2.25. The number of rotatable bonds is 9. The Morgan fingerprint density at radius 2 is 1.75 bits per heavy atom. The quantitative estimate of drug-likeness (QED) is 0.208. The number of ether oxygens (including phenoxy) is 1. The smallest absolute Gasteiger partial charge is 0.251 e. The number of aliphatic imine (C=N–C) groups is 1. The summed E-state index contributed by atoms with van der Waals surface area (Å²) in [5, 5.41) is 9.42. The van der Waals surface area contributed by atoms with Gasteiger partial charge in [-0.2, -0.15) is 0 Å². The number of hydrogen-bond donors (Lipinski definition) is 3. The molecule has 1 aromatic carbocycles. The molecule has 2 rings (SSSR count). The predicted octanol–water partition coefficient (Wildman–Crippen LogP) is 2.08. The molecule has 1 aliphatic heterocycles. The van der Waals surface area contributed by atoms with Gasteiger partial charge >= 0.3 is 0 Å². The van der Waals surface area contributed by atoms with Crippen molar-refractivity contribution in [3.8, 4) is 5.75 Å². The SMILES string of the molecule is CCNC(=NCCN1CCCCC1)NCCNC(=O)c1ccc(OC)cc1.I. The molecule has 0 atom stereocenters. The fraction of sp³-hybridized carbons (Fsp3) is 0.600. The lowest BCUT2D eigenvalue weighted by Crippen LogP contribution is -2.42. The number of hydrogen-bond acceptors (Lipinski definition) is 4. The van der Waals surface area contributed by atoms with E-state index in [0.29, 0.717) is 18.7 Å². The summed E-state index contributed by atoms with van der Waals surface area (Å²) in [4.78, 5) is 19.2. The summed E-state index contributed by atoms with van der Waals surface area (Å²) in [5.41, 5.74) is 0.623. The van der Waals surface area contributed by atoms with E-state index >= 15 is 0 Å². The van der Waals surface area contributed by atoms with E-state index in [1.165, 1.54) is 32.4 Å². The van der Waals surface area contributed by atoms with E-state index in [4.69, 9.17) is 4.74 Å². The molecule has 1 aliphatic rings. The van der Waals surface area contributed by atoms with E-state index < -0.39 is 0 Å². The zero-order chi connectivity index (χ0) is 19.3. The van der Waals surface area contributed by atoms with Gasteiger partial charge in [-0.3, -0.25) is 9.79 Å². The summed E-state index contributed by atoms with van der Waals surface area (Å²) in [6, 6.07) is 7.08. The number of likely N-dealkylation sites (tertiary alicyclic amines) is 1. The van der Waals surface area contributed by atoms with Crippen LogP contribution >= 0.6 is 24.0 Å². The Kier molecular flexibility index (Phi) is 12.6. The Bertz CT molecular complexity index is 589. The van der Waals surface area contributed by atoms with Crippen LogP contribution in [-0.2, 0) is 0 Å². The standard InChI is InChI=1S/C20H33N5O2.HI/c1-3-21-20(24-13-16-25-14-5-4-6-15-25)23-12-11-22-19(26)17-7-9-18(27-2)10-8-17;/h7-10H,3-6,11-16H2,1-2H3,(H,22,26)(H2,21,23,24);1H. The molecule has 0 spiro atoms. The largest absolute Gasteiger partial charge is 0.497 e. The Hall–Kier alpha value is -1.55. The molecule has 1 amide bonds. The summed E-state index contributed by atoms with van der Waals surface area (Å²) in [6.45, 7) is 8.19. The molecule has 0 bridgehead atoms. The number of benzene rings is 1. The van der Waals surface area contributed by atoms with Crippen molar-refractivity contribution in [2.75, 3.05) is 52.9 Å². The number of amides is 1. The van der Waals surface area contributed by atoms with E-state index in [2.05, 4.69) is 25.8 Å². The number of nitrogens with one attached hydrogen (secondary N) is 3. The van der Waals surface area contributed by atoms with Crippen LogP contribution < -0.4 is 20.7 Å². The fourth-order valence-electron chi connectivity index (χ4n) is 3.03. The highest BCUT2D eigenvalue weighted by atomic mass is 127. The van der Waals surface area contributed by atoms with E-state index in [-0.39, 0.29) is 29.9 Å². The molecular formula is C20H34IN5O2. The molecule has 0 aliphatic carbocycles. The lowest BCUT2D eigenvalue weighted by molar-refractivity contribution is 0.0954. The van der Waals surface area contributed by atoms with Crippen LogP contribution in [0.4, 0.5) is 0 Å². The summed E-state index contributed by atoms with van der Waals surface area (Å²) in [6.07, 6.45) is 3.96. The molecule has 1 aromatic rings. The molecule has 1 fully saturated rings. The van der Waals surface area contributed by atoms with E-state index in [9.17, 15) is 4.79 Å². The maximum Gasteiger partial charge on any atom is 0.251 e. The zero-order valence-corrected chi connectivity index (χ0v) is 19.3. The van der Waals surface area contributed by atoms with Gasteiger partial charge < -0.3 is 25.6 Å². The maximum atomic E-state index is 12.1. The maximum absolute atomic E-state index is 12.1. The van der Waals surface area contributed by atoms with Crippen LogP contribution in [0, 0.1) is 0 Å². The molecule has 0 aromatic heterocycles. The summed E-state index contributed by atoms with van der Waals surface area (Å²) >= 11 is 0. The lowest BCUT2D eigenvalue weighted by atomic mass is 10.1. The first-order chi connectivity index (χ1) is 13.2. The highest BCUT2D eigenvalue weighted by Gasteiger charge is 2.09. The van der Waals surface area contributed by atoms with Crippen molar-refractivity contribution >= 4 is 35.8 Å². The van der Waals surface area contributed by atoms with Gasteiger partial charge in [0.2, 0.25) is 0 Å². The van der Waals surface area contributed by atoms with Crippen molar-refractivity contribution < 1.29 is 9.53 Å². The van der Waals surface area contributed by atoms with Gasteiger partial charge in [0.05, 0.1) is 13.7 Å².